The van der Waals surface area contributed by atoms with Gasteiger partial charge in [-0.15, -0.1) is 0 Å². The second kappa shape index (κ2) is 5.03. The van der Waals surface area contributed by atoms with Gasteiger partial charge in [0.05, 0.1) is 0 Å². The minimum atomic E-state index is 1.11. The maximum Gasteiger partial charge on any atom is 0.0116 e. The first-order valence-electron chi connectivity index (χ1n) is 3.80. The SMILES string of the molecule is CC/C=C\Sc1ccccc1. The molecule has 58 valence electrons. The lowest BCUT2D eigenvalue weighted by Crippen LogP contribution is -1.63. The molecule has 0 N–H and O–H groups in total. The Labute approximate surface area is 72.3 Å². The largest absolute Gasteiger partial charge is 0.0984 e. The molecule has 0 atom stereocenters. The Morgan fingerprint density at radius 2 is 2.00 bits per heavy atom. The zero-order valence-corrected chi connectivity index (χ0v) is 7.47. The van der Waals surface area contributed by atoms with Crippen molar-refractivity contribution in [1.82, 2.24) is 0 Å². The van der Waals surface area contributed by atoms with Crippen molar-refractivity contribution in [3.8, 4) is 0 Å². The molecule has 0 aliphatic heterocycles. The first-order chi connectivity index (χ1) is 5.43. The second-order valence-corrected chi connectivity index (χ2v) is 3.19. The van der Waals surface area contributed by atoms with Gasteiger partial charge in [-0.3, -0.25) is 0 Å². The summed E-state index contributed by atoms with van der Waals surface area (Å²) in [4.78, 5) is 1.30. The van der Waals surface area contributed by atoms with Crippen molar-refractivity contribution in [2.45, 2.75) is 18.2 Å². The van der Waals surface area contributed by atoms with Crippen LogP contribution < -0.4 is 0 Å². The number of rotatable bonds is 3. The zero-order chi connectivity index (χ0) is 7.94. The standard InChI is InChI=1S/C10H12S/c1-2-3-9-11-10-7-5-4-6-8-10/h3-9H,2H2,1H3/b9-3-. The molecule has 0 heterocycles. The van der Waals surface area contributed by atoms with Crippen LogP contribution in [0.3, 0.4) is 0 Å². The van der Waals surface area contributed by atoms with E-state index in [1.54, 1.807) is 11.8 Å². The lowest BCUT2D eigenvalue weighted by atomic mass is 10.4. The average molecular weight is 164 g/mol. The Morgan fingerprint density at radius 3 is 2.64 bits per heavy atom. The molecule has 1 aromatic rings. The second-order valence-electron chi connectivity index (χ2n) is 2.21. The fourth-order valence-corrected chi connectivity index (χ4v) is 1.48. The van der Waals surface area contributed by atoms with Crippen molar-refractivity contribution in [2.75, 3.05) is 0 Å². The fraction of sp³-hybridized carbons (Fsp3) is 0.200. The third kappa shape index (κ3) is 3.28. The smallest absolute Gasteiger partial charge is 0.0116 e. The Morgan fingerprint density at radius 1 is 1.27 bits per heavy atom. The molecule has 0 amide bonds. The van der Waals surface area contributed by atoms with Crippen LogP contribution in [0.15, 0.2) is 46.7 Å². The summed E-state index contributed by atoms with van der Waals surface area (Å²) >= 11 is 1.76. The molecule has 0 nitrogen and oxygen atoms in total. The molecule has 0 aliphatic rings. The van der Waals surface area contributed by atoms with Gasteiger partial charge in [0, 0.05) is 4.90 Å². The highest BCUT2D eigenvalue weighted by molar-refractivity contribution is 8.02. The van der Waals surface area contributed by atoms with Gasteiger partial charge in [-0.2, -0.15) is 0 Å². The molecule has 11 heavy (non-hydrogen) atoms. The highest BCUT2D eigenvalue weighted by Crippen LogP contribution is 2.17. The summed E-state index contributed by atoms with van der Waals surface area (Å²) in [5.74, 6) is 0. The Hall–Kier alpha value is -0.690. The monoisotopic (exact) mass is 164 g/mol. The van der Waals surface area contributed by atoms with Gasteiger partial charge < -0.3 is 0 Å². The molecular formula is C10H12S. The molecule has 0 bridgehead atoms. The zero-order valence-electron chi connectivity index (χ0n) is 6.66. The van der Waals surface area contributed by atoms with Gasteiger partial charge in [0.1, 0.15) is 0 Å². The minimum Gasteiger partial charge on any atom is -0.0984 e. The summed E-state index contributed by atoms with van der Waals surface area (Å²) in [5, 5.41) is 2.13. The van der Waals surface area contributed by atoms with Crippen LogP contribution in [0.5, 0.6) is 0 Å². The molecule has 1 rings (SSSR count). The van der Waals surface area contributed by atoms with Gasteiger partial charge in [-0.1, -0.05) is 43.0 Å². The number of hydrogen-bond donors (Lipinski definition) is 0. The quantitative estimate of drug-likeness (QED) is 0.614. The summed E-state index contributed by atoms with van der Waals surface area (Å²) in [6.45, 7) is 2.14. The molecule has 0 radical (unpaired) electrons. The van der Waals surface area contributed by atoms with Crippen molar-refractivity contribution < 1.29 is 0 Å². The first-order valence-corrected chi connectivity index (χ1v) is 4.68. The van der Waals surface area contributed by atoms with Crippen molar-refractivity contribution in [3.63, 3.8) is 0 Å². The first kappa shape index (κ1) is 8.41. The molecule has 0 fully saturated rings. The summed E-state index contributed by atoms with van der Waals surface area (Å²) < 4.78 is 0. The van der Waals surface area contributed by atoms with Crippen LogP contribution >= 0.6 is 11.8 Å². The van der Waals surface area contributed by atoms with Gasteiger partial charge in [0.25, 0.3) is 0 Å². The van der Waals surface area contributed by atoms with Gasteiger partial charge in [0.2, 0.25) is 0 Å². The maximum absolute atomic E-state index is 2.16. The predicted octanol–water partition coefficient (Wildman–Crippen LogP) is 3.70. The molecule has 0 unspecified atom stereocenters. The average Bonchev–Trinajstić information content (AvgIpc) is 2.07. The van der Waals surface area contributed by atoms with Crippen molar-refractivity contribution in [1.29, 1.82) is 0 Å². The lowest BCUT2D eigenvalue weighted by Gasteiger charge is -1.92. The Balaban J connectivity index is 2.45. The molecule has 0 saturated heterocycles. The fourth-order valence-electron chi connectivity index (χ4n) is 0.722. The van der Waals surface area contributed by atoms with Crippen LogP contribution in [-0.4, -0.2) is 0 Å². The lowest BCUT2D eigenvalue weighted by molar-refractivity contribution is 1.23. The van der Waals surface area contributed by atoms with Crippen LogP contribution in [-0.2, 0) is 0 Å². The predicted molar refractivity (Wildman–Crippen MR) is 51.7 cm³/mol. The minimum absolute atomic E-state index is 1.11. The van der Waals surface area contributed by atoms with E-state index in [1.165, 1.54) is 4.90 Å². The summed E-state index contributed by atoms with van der Waals surface area (Å²) in [7, 11) is 0. The molecule has 0 aromatic heterocycles. The van der Waals surface area contributed by atoms with Crippen LogP contribution in [0.2, 0.25) is 0 Å². The van der Waals surface area contributed by atoms with Gasteiger partial charge in [-0.05, 0) is 24.0 Å². The number of benzene rings is 1. The van der Waals surface area contributed by atoms with Crippen molar-refractivity contribution in [2.24, 2.45) is 0 Å². The van der Waals surface area contributed by atoms with E-state index in [4.69, 9.17) is 0 Å². The van der Waals surface area contributed by atoms with E-state index in [-0.39, 0.29) is 0 Å². The highest BCUT2D eigenvalue weighted by Gasteiger charge is 1.84. The van der Waals surface area contributed by atoms with Gasteiger partial charge in [0.15, 0.2) is 0 Å². The van der Waals surface area contributed by atoms with Gasteiger partial charge >= 0.3 is 0 Å². The summed E-state index contributed by atoms with van der Waals surface area (Å²) in [6.07, 6.45) is 3.28. The highest BCUT2D eigenvalue weighted by atomic mass is 32.2. The van der Waals surface area contributed by atoms with E-state index in [1.807, 2.05) is 6.07 Å². The normalized spacial score (nSPS) is 10.6. The molecule has 0 saturated carbocycles. The van der Waals surface area contributed by atoms with E-state index in [0.29, 0.717) is 0 Å². The maximum atomic E-state index is 2.16. The van der Waals surface area contributed by atoms with E-state index in [2.05, 4.69) is 42.7 Å². The molecule has 1 heteroatoms. The van der Waals surface area contributed by atoms with E-state index in [9.17, 15) is 0 Å². The van der Waals surface area contributed by atoms with E-state index in [0.717, 1.165) is 6.42 Å². The summed E-state index contributed by atoms with van der Waals surface area (Å²) in [6, 6.07) is 10.4. The van der Waals surface area contributed by atoms with Crippen LogP contribution in [0.1, 0.15) is 13.3 Å². The van der Waals surface area contributed by atoms with Crippen LogP contribution in [0.4, 0.5) is 0 Å². The number of thioether (sulfide) groups is 1. The van der Waals surface area contributed by atoms with E-state index >= 15 is 0 Å². The third-order valence-corrected chi connectivity index (χ3v) is 2.15. The molecule has 0 spiro atoms. The van der Waals surface area contributed by atoms with Crippen molar-refractivity contribution >= 4 is 11.8 Å². The van der Waals surface area contributed by atoms with Crippen LogP contribution in [0, 0.1) is 0 Å². The van der Waals surface area contributed by atoms with Gasteiger partial charge in [-0.25, -0.2) is 0 Å². The molecule has 0 aliphatic carbocycles. The molecular weight excluding hydrogens is 152 g/mol. The van der Waals surface area contributed by atoms with Crippen molar-refractivity contribution in [3.05, 3.63) is 41.8 Å². The van der Waals surface area contributed by atoms with E-state index < -0.39 is 0 Å². The molecule has 1 aromatic carbocycles. The van der Waals surface area contributed by atoms with Crippen LogP contribution in [0.25, 0.3) is 0 Å². The number of allylic oxidation sites excluding steroid dienone is 1. The topological polar surface area (TPSA) is 0 Å². The Kier molecular flexibility index (Phi) is 3.84. The summed E-state index contributed by atoms with van der Waals surface area (Å²) in [5.41, 5.74) is 0. The Bertz CT molecular complexity index is 214. The third-order valence-electron chi connectivity index (χ3n) is 1.28. The number of hydrogen-bond acceptors (Lipinski definition) is 1.